The fourth-order valence-electron chi connectivity index (χ4n) is 1.98. The van der Waals surface area contributed by atoms with Crippen LogP contribution in [0, 0.1) is 0 Å². The molecule has 1 atom stereocenters. The summed E-state index contributed by atoms with van der Waals surface area (Å²) in [5.41, 5.74) is -0.0567. The molecule has 2 rings (SSSR count). The Morgan fingerprint density at radius 3 is 2.63 bits per heavy atom. The van der Waals surface area contributed by atoms with Crippen molar-refractivity contribution in [3.05, 3.63) is 5.82 Å². The number of nitrogens with one attached hydrogen (secondary N) is 1. The zero-order valence-electron chi connectivity index (χ0n) is 11.7. The Morgan fingerprint density at radius 2 is 2.11 bits per heavy atom. The fourth-order valence-corrected chi connectivity index (χ4v) is 3.67. The van der Waals surface area contributed by atoms with Crippen molar-refractivity contribution in [2.75, 3.05) is 24.2 Å². The molecular formula is C11H20N4O2S2. The van der Waals surface area contributed by atoms with Crippen LogP contribution in [0.2, 0.25) is 0 Å². The lowest BCUT2D eigenvalue weighted by Crippen LogP contribution is -2.36. The number of hydrogen-bond donors (Lipinski definition) is 1. The van der Waals surface area contributed by atoms with Gasteiger partial charge in [-0.1, -0.05) is 20.8 Å². The largest absolute Gasteiger partial charge is 0.345 e. The Labute approximate surface area is 118 Å². The second kappa shape index (κ2) is 4.99. The summed E-state index contributed by atoms with van der Waals surface area (Å²) in [6.07, 6.45) is 2.00. The number of sulfonamides is 1. The molecule has 2 heterocycles. The van der Waals surface area contributed by atoms with E-state index in [0.717, 1.165) is 23.9 Å². The third kappa shape index (κ3) is 3.87. The van der Waals surface area contributed by atoms with E-state index < -0.39 is 10.0 Å². The van der Waals surface area contributed by atoms with Crippen LogP contribution >= 0.6 is 11.5 Å². The van der Waals surface area contributed by atoms with E-state index in [1.807, 2.05) is 0 Å². The Morgan fingerprint density at radius 1 is 1.42 bits per heavy atom. The van der Waals surface area contributed by atoms with Gasteiger partial charge < -0.3 is 4.90 Å². The lowest BCUT2D eigenvalue weighted by Gasteiger charge is -2.15. The standard InChI is InChI=1S/C11H20N4O2S2/c1-11(2,3)9-12-10(18-13-9)15-6-5-8(7-15)14-19(4,16)17/h8,14H,5-7H2,1-4H3. The van der Waals surface area contributed by atoms with Gasteiger partial charge in [0.05, 0.1) is 6.26 Å². The molecule has 0 aromatic carbocycles. The summed E-state index contributed by atoms with van der Waals surface area (Å²) in [4.78, 5) is 6.64. The van der Waals surface area contributed by atoms with E-state index in [-0.39, 0.29) is 11.5 Å². The lowest BCUT2D eigenvalue weighted by atomic mass is 9.96. The molecule has 1 N–H and O–H groups in total. The first-order valence-electron chi connectivity index (χ1n) is 6.21. The van der Waals surface area contributed by atoms with Crippen LogP contribution in [0.4, 0.5) is 5.13 Å². The maximum absolute atomic E-state index is 11.2. The molecule has 0 radical (unpaired) electrons. The lowest BCUT2D eigenvalue weighted by molar-refractivity contribution is 0.554. The summed E-state index contributed by atoms with van der Waals surface area (Å²) in [6, 6.07) is -0.0306. The maximum Gasteiger partial charge on any atom is 0.209 e. The number of nitrogens with zero attached hydrogens (tertiary/aromatic N) is 3. The topological polar surface area (TPSA) is 75.2 Å². The van der Waals surface area contributed by atoms with Gasteiger partial charge in [-0.3, -0.25) is 0 Å². The molecule has 1 saturated heterocycles. The number of hydrogen-bond acceptors (Lipinski definition) is 6. The zero-order valence-corrected chi connectivity index (χ0v) is 13.3. The molecule has 0 bridgehead atoms. The molecule has 1 aliphatic heterocycles. The van der Waals surface area contributed by atoms with Crippen LogP contribution in [0.1, 0.15) is 33.0 Å². The molecular weight excluding hydrogens is 284 g/mol. The Bertz CT molecular complexity index is 547. The van der Waals surface area contributed by atoms with Crippen molar-refractivity contribution in [2.45, 2.75) is 38.6 Å². The van der Waals surface area contributed by atoms with Crippen molar-refractivity contribution in [1.82, 2.24) is 14.1 Å². The van der Waals surface area contributed by atoms with Crippen molar-refractivity contribution >= 4 is 26.7 Å². The van der Waals surface area contributed by atoms with Crippen molar-refractivity contribution in [3.63, 3.8) is 0 Å². The summed E-state index contributed by atoms with van der Waals surface area (Å²) in [5, 5.41) is 0.878. The molecule has 108 valence electrons. The molecule has 6 nitrogen and oxygen atoms in total. The van der Waals surface area contributed by atoms with E-state index in [4.69, 9.17) is 0 Å². The highest BCUT2D eigenvalue weighted by atomic mass is 32.2. The predicted octanol–water partition coefficient (Wildman–Crippen LogP) is 0.964. The van der Waals surface area contributed by atoms with E-state index in [1.54, 1.807) is 0 Å². The average Bonchev–Trinajstić information content (AvgIpc) is 2.80. The molecule has 8 heteroatoms. The van der Waals surface area contributed by atoms with Crippen LogP contribution < -0.4 is 9.62 Å². The zero-order chi connectivity index (χ0) is 14.3. The molecule has 1 aromatic heterocycles. The maximum atomic E-state index is 11.2. The van der Waals surface area contributed by atoms with Gasteiger partial charge >= 0.3 is 0 Å². The van der Waals surface area contributed by atoms with Crippen molar-refractivity contribution in [2.24, 2.45) is 0 Å². The summed E-state index contributed by atoms with van der Waals surface area (Å²) in [5.74, 6) is 0.840. The van der Waals surface area contributed by atoms with Gasteiger partial charge in [-0.25, -0.2) is 18.1 Å². The minimum absolute atomic E-state index is 0.0306. The Balaban J connectivity index is 2.03. The minimum Gasteiger partial charge on any atom is -0.345 e. The predicted molar refractivity (Wildman–Crippen MR) is 77.2 cm³/mol. The van der Waals surface area contributed by atoms with Crippen LogP contribution in [0.15, 0.2) is 0 Å². The highest BCUT2D eigenvalue weighted by Gasteiger charge is 2.28. The highest BCUT2D eigenvalue weighted by molar-refractivity contribution is 7.88. The van der Waals surface area contributed by atoms with Crippen molar-refractivity contribution in [1.29, 1.82) is 0 Å². The molecule has 0 spiro atoms. The third-order valence-corrected chi connectivity index (χ3v) is 4.46. The SMILES string of the molecule is CC(C)(C)c1nsc(N2CCC(NS(C)(=O)=O)C2)n1. The quantitative estimate of drug-likeness (QED) is 0.900. The highest BCUT2D eigenvalue weighted by Crippen LogP contribution is 2.27. The summed E-state index contributed by atoms with van der Waals surface area (Å²) < 4.78 is 29.4. The van der Waals surface area contributed by atoms with Gasteiger partial charge in [0.25, 0.3) is 0 Å². The molecule has 1 aliphatic rings. The van der Waals surface area contributed by atoms with Gasteiger partial charge in [-0.2, -0.15) is 4.37 Å². The summed E-state index contributed by atoms with van der Waals surface area (Å²) in [7, 11) is -3.14. The monoisotopic (exact) mass is 304 g/mol. The number of anilines is 1. The van der Waals surface area contributed by atoms with Crippen molar-refractivity contribution in [3.8, 4) is 0 Å². The van der Waals surface area contributed by atoms with Gasteiger partial charge in [0, 0.05) is 36.1 Å². The molecule has 0 saturated carbocycles. The van der Waals surface area contributed by atoms with Crippen LogP contribution in [0.25, 0.3) is 0 Å². The summed E-state index contributed by atoms with van der Waals surface area (Å²) >= 11 is 1.38. The molecule has 1 aromatic rings. The Kier molecular flexibility index (Phi) is 3.85. The molecule has 1 fully saturated rings. The Hall–Kier alpha value is -0.730. The second-order valence-corrected chi connectivity index (χ2v) is 8.48. The molecule has 0 amide bonds. The van der Waals surface area contributed by atoms with E-state index >= 15 is 0 Å². The van der Waals surface area contributed by atoms with Crippen LogP contribution in [0.3, 0.4) is 0 Å². The van der Waals surface area contributed by atoms with Crippen LogP contribution in [0.5, 0.6) is 0 Å². The normalized spacial score (nSPS) is 21.1. The first kappa shape index (κ1) is 14.7. The molecule has 1 unspecified atom stereocenters. The van der Waals surface area contributed by atoms with E-state index in [2.05, 4.69) is 39.8 Å². The number of rotatable bonds is 3. The molecule has 19 heavy (non-hydrogen) atoms. The minimum atomic E-state index is -3.14. The molecule has 0 aliphatic carbocycles. The van der Waals surface area contributed by atoms with Gasteiger partial charge in [-0.15, -0.1) is 0 Å². The van der Waals surface area contributed by atoms with Gasteiger partial charge in [0.2, 0.25) is 15.2 Å². The number of aromatic nitrogens is 2. The van der Waals surface area contributed by atoms with Gasteiger partial charge in [0.15, 0.2) is 0 Å². The second-order valence-electron chi connectivity index (χ2n) is 5.97. The smallest absolute Gasteiger partial charge is 0.209 e. The third-order valence-electron chi connectivity index (χ3n) is 2.93. The van der Waals surface area contributed by atoms with Crippen LogP contribution in [-0.2, 0) is 15.4 Å². The summed E-state index contributed by atoms with van der Waals surface area (Å²) in [6.45, 7) is 7.71. The van der Waals surface area contributed by atoms with E-state index in [0.29, 0.717) is 6.54 Å². The van der Waals surface area contributed by atoms with Gasteiger partial charge in [-0.05, 0) is 6.42 Å². The first-order valence-corrected chi connectivity index (χ1v) is 8.88. The van der Waals surface area contributed by atoms with Gasteiger partial charge in [0.1, 0.15) is 5.82 Å². The fraction of sp³-hybridized carbons (Fsp3) is 0.818. The van der Waals surface area contributed by atoms with E-state index in [9.17, 15) is 8.42 Å². The average molecular weight is 304 g/mol. The van der Waals surface area contributed by atoms with E-state index in [1.165, 1.54) is 17.8 Å². The van der Waals surface area contributed by atoms with Crippen LogP contribution in [-0.4, -0.2) is 43.2 Å². The first-order chi connectivity index (χ1) is 8.65. The van der Waals surface area contributed by atoms with Crippen molar-refractivity contribution < 1.29 is 8.42 Å².